The molecule has 0 aromatic carbocycles. The molecule has 0 saturated carbocycles. The molecular weight excluding hydrogens is 138 g/mol. The Labute approximate surface area is 49.2 Å². The van der Waals surface area contributed by atoms with Gasteiger partial charge >= 0.3 is 0 Å². The summed E-state index contributed by atoms with van der Waals surface area (Å²) in [6.45, 7) is 0. The first-order chi connectivity index (χ1) is 2.50. The first-order valence-corrected chi connectivity index (χ1v) is 2.57. The Balaban J connectivity index is 0.000000250. The molecule has 0 fully saturated rings. The molecule has 1 aromatic heterocycles. The summed E-state index contributed by atoms with van der Waals surface area (Å²) in [6.07, 6.45) is 0. The number of rotatable bonds is 0. The van der Waals surface area contributed by atoms with Crippen molar-refractivity contribution in [3.05, 3.63) is 23.7 Å². The van der Waals surface area contributed by atoms with Crippen molar-refractivity contribution < 1.29 is 16.8 Å². The molecule has 0 bridgehead atoms. The minimum atomic E-state index is 0. The van der Waals surface area contributed by atoms with Crippen molar-refractivity contribution in [1.82, 2.24) is 0 Å². The normalized spacial score (nSPS) is 8.00. The van der Waals surface area contributed by atoms with Crippen LogP contribution in [0.4, 0.5) is 0 Å². The van der Waals surface area contributed by atoms with E-state index in [1.165, 1.54) is 0 Å². The SMILES string of the molecule is [Co].[c-]1ccc[pH]1. The van der Waals surface area contributed by atoms with E-state index in [-0.39, 0.29) is 16.8 Å². The van der Waals surface area contributed by atoms with Gasteiger partial charge in [0.1, 0.15) is 0 Å². The van der Waals surface area contributed by atoms with Gasteiger partial charge in [-0.15, -0.1) is 0 Å². The van der Waals surface area contributed by atoms with Gasteiger partial charge in [0, 0.05) is 16.8 Å². The van der Waals surface area contributed by atoms with Gasteiger partial charge in [-0.3, -0.25) is 8.19 Å². The van der Waals surface area contributed by atoms with E-state index in [0.717, 1.165) is 8.19 Å². The summed E-state index contributed by atoms with van der Waals surface area (Å²) in [6, 6.07) is 3.96. The Kier molecular flexibility index (Phi) is 3.64. The van der Waals surface area contributed by atoms with Crippen LogP contribution in [0.1, 0.15) is 0 Å². The fourth-order valence-corrected chi connectivity index (χ4v) is 0.722. The standard InChI is InChI=1S/C4H4P.Co/c1-2-4-5-3-1;/h1-3,5H;/q-1;. The fraction of sp³-hybridized carbons (Fsp3) is 0. The zero-order valence-electron chi connectivity index (χ0n) is 3.07. The monoisotopic (exact) mass is 142 g/mol. The topological polar surface area (TPSA) is 0 Å². The van der Waals surface area contributed by atoms with Gasteiger partial charge in [0.05, 0.1) is 0 Å². The van der Waals surface area contributed by atoms with Crippen LogP contribution >= 0.6 is 8.19 Å². The molecule has 0 amide bonds. The Hall–Kier alpha value is 0.286. The Morgan fingerprint density at radius 2 is 2.33 bits per heavy atom. The quantitative estimate of drug-likeness (QED) is 0.481. The minimum absolute atomic E-state index is 0. The van der Waals surface area contributed by atoms with E-state index >= 15 is 0 Å². The van der Waals surface area contributed by atoms with E-state index < -0.39 is 0 Å². The summed E-state index contributed by atoms with van der Waals surface area (Å²) in [5.74, 6) is 5.11. The summed E-state index contributed by atoms with van der Waals surface area (Å²) in [5.41, 5.74) is 0. The molecule has 0 aliphatic carbocycles. The third-order valence-corrected chi connectivity index (χ3v) is 1.13. The molecular formula is C4H4CoP-. The largest absolute Gasteiger partial charge is 0.271 e. The van der Waals surface area contributed by atoms with Crippen LogP contribution < -0.4 is 0 Å². The van der Waals surface area contributed by atoms with Gasteiger partial charge in [0.15, 0.2) is 0 Å². The van der Waals surface area contributed by atoms with Gasteiger partial charge in [-0.05, 0) is 0 Å². The maximum absolute atomic E-state index is 3.01. The van der Waals surface area contributed by atoms with Crippen LogP contribution in [-0.2, 0) is 16.8 Å². The minimum Gasteiger partial charge on any atom is -0.271 e. The van der Waals surface area contributed by atoms with E-state index in [4.69, 9.17) is 0 Å². The summed E-state index contributed by atoms with van der Waals surface area (Å²) in [4.78, 5) is 0. The van der Waals surface area contributed by atoms with Gasteiger partial charge in [0.2, 0.25) is 0 Å². The maximum atomic E-state index is 3.01. The summed E-state index contributed by atoms with van der Waals surface area (Å²) >= 11 is 0. The van der Waals surface area contributed by atoms with Gasteiger partial charge in [-0.1, -0.05) is 0 Å². The van der Waals surface area contributed by atoms with Crippen molar-refractivity contribution in [3.63, 3.8) is 0 Å². The molecule has 1 rings (SSSR count). The molecule has 0 aliphatic rings. The van der Waals surface area contributed by atoms with Crippen molar-refractivity contribution in [2.75, 3.05) is 0 Å². The molecule has 0 saturated heterocycles. The molecule has 0 nitrogen and oxygen atoms in total. The molecule has 1 radical (unpaired) electrons. The van der Waals surface area contributed by atoms with Crippen molar-refractivity contribution in [2.45, 2.75) is 0 Å². The Bertz CT molecular complexity index is 64.0. The zero-order chi connectivity index (χ0) is 3.54. The first-order valence-electron chi connectivity index (χ1n) is 1.49. The molecule has 1 unspecified atom stereocenters. The van der Waals surface area contributed by atoms with Crippen molar-refractivity contribution >= 4 is 8.19 Å². The number of hydrogen-bond donors (Lipinski definition) is 0. The van der Waals surface area contributed by atoms with Gasteiger partial charge < -0.3 is 0 Å². The number of hydrogen-bond acceptors (Lipinski definition) is 0. The molecule has 0 spiro atoms. The molecule has 2 heteroatoms. The zero-order valence-corrected chi connectivity index (χ0v) is 5.11. The Morgan fingerprint density at radius 3 is 2.50 bits per heavy atom. The van der Waals surface area contributed by atoms with Crippen LogP contribution in [0.2, 0.25) is 0 Å². The molecule has 0 N–H and O–H groups in total. The maximum Gasteiger partial charge on any atom is 0 e. The predicted octanol–water partition coefficient (Wildman–Crippen LogP) is 1.52. The second-order valence-electron chi connectivity index (χ2n) is 0.814. The molecule has 1 aromatic rings. The van der Waals surface area contributed by atoms with Crippen LogP contribution in [-0.4, -0.2) is 0 Å². The summed E-state index contributed by atoms with van der Waals surface area (Å²) < 4.78 is 0. The average molecular weight is 142 g/mol. The van der Waals surface area contributed by atoms with E-state index in [9.17, 15) is 0 Å². The average Bonchev–Trinajstić information content (AvgIpc) is 1.76. The van der Waals surface area contributed by atoms with Crippen molar-refractivity contribution in [3.8, 4) is 0 Å². The second-order valence-corrected chi connectivity index (χ2v) is 1.73. The van der Waals surface area contributed by atoms with Crippen LogP contribution in [0.3, 0.4) is 0 Å². The summed E-state index contributed by atoms with van der Waals surface area (Å²) in [5, 5.41) is 0. The Morgan fingerprint density at radius 1 is 1.50 bits per heavy atom. The van der Waals surface area contributed by atoms with Crippen LogP contribution in [0.15, 0.2) is 17.9 Å². The van der Waals surface area contributed by atoms with Gasteiger partial charge in [0.25, 0.3) is 0 Å². The van der Waals surface area contributed by atoms with E-state index in [1.54, 1.807) is 0 Å². The predicted molar refractivity (Wildman–Crippen MR) is 24.8 cm³/mol. The molecule has 1 heterocycles. The third-order valence-electron chi connectivity index (χ3n) is 0.442. The smallest absolute Gasteiger partial charge is 0 e. The fourth-order valence-electron chi connectivity index (χ4n) is 0.241. The van der Waals surface area contributed by atoms with Crippen molar-refractivity contribution in [2.24, 2.45) is 0 Å². The van der Waals surface area contributed by atoms with Crippen LogP contribution in [0.5, 0.6) is 0 Å². The van der Waals surface area contributed by atoms with E-state index in [1.807, 2.05) is 12.1 Å². The molecule has 35 valence electrons. The van der Waals surface area contributed by atoms with Crippen LogP contribution in [0.25, 0.3) is 0 Å². The van der Waals surface area contributed by atoms with E-state index in [0.29, 0.717) is 0 Å². The molecule has 0 aliphatic heterocycles. The first kappa shape index (κ1) is 6.29. The van der Waals surface area contributed by atoms with Crippen molar-refractivity contribution in [1.29, 1.82) is 0 Å². The second kappa shape index (κ2) is 3.48. The summed E-state index contributed by atoms with van der Waals surface area (Å²) in [7, 11) is 0.823. The van der Waals surface area contributed by atoms with E-state index in [2.05, 4.69) is 11.6 Å². The molecule has 1 atom stereocenters. The molecule has 6 heavy (non-hydrogen) atoms. The van der Waals surface area contributed by atoms with Gasteiger partial charge in [-0.25, -0.2) is 6.07 Å². The third kappa shape index (κ3) is 1.66. The van der Waals surface area contributed by atoms with Crippen LogP contribution in [0, 0.1) is 5.80 Å². The van der Waals surface area contributed by atoms with Gasteiger partial charge in [-0.2, -0.15) is 17.7 Å².